The van der Waals surface area contributed by atoms with Crippen LogP contribution in [-0.4, -0.2) is 37.6 Å². The molecule has 3 aromatic heterocycles. The zero-order valence-electron chi connectivity index (χ0n) is 16.0. The highest BCUT2D eigenvalue weighted by molar-refractivity contribution is 5.95. The largest absolute Gasteiger partial charge is 0.389 e. The van der Waals surface area contributed by atoms with E-state index in [4.69, 9.17) is 0 Å². The van der Waals surface area contributed by atoms with E-state index in [2.05, 4.69) is 25.7 Å². The van der Waals surface area contributed by atoms with Gasteiger partial charge in [-0.3, -0.25) is 14.6 Å². The highest BCUT2D eigenvalue weighted by Gasteiger charge is 2.27. The summed E-state index contributed by atoms with van der Waals surface area (Å²) in [5.74, 6) is -0.961. The van der Waals surface area contributed by atoms with E-state index in [0.717, 1.165) is 5.56 Å². The molecule has 3 aromatic rings. The second-order valence-electron chi connectivity index (χ2n) is 6.66. The Morgan fingerprint density at radius 2 is 1.97 bits per heavy atom. The smallest absolute Gasteiger partial charge is 0.352 e. The van der Waals surface area contributed by atoms with E-state index in [-0.39, 0.29) is 19.0 Å². The molecule has 3 rings (SSSR count). The van der Waals surface area contributed by atoms with E-state index >= 15 is 0 Å². The molecule has 0 aromatic carbocycles. The first-order chi connectivity index (χ1) is 14.2. The molecule has 0 spiro atoms. The summed E-state index contributed by atoms with van der Waals surface area (Å²) < 4.78 is 38.0. The van der Waals surface area contributed by atoms with Crippen LogP contribution in [0.4, 0.5) is 13.2 Å². The quantitative estimate of drug-likeness (QED) is 0.611. The van der Waals surface area contributed by atoms with Crippen molar-refractivity contribution >= 4 is 17.5 Å². The lowest BCUT2D eigenvalue weighted by molar-refractivity contribution is -0.144. The van der Waals surface area contributed by atoms with Gasteiger partial charge in [-0.2, -0.15) is 18.3 Å². The number of fused-ring (bicyclic) bond motifs is 1. The number of carbonyl (C=O) groups is 2. The van der Waals surface area contributed by atoms with Gasteiger partial charge in [-0.05, 0) is 30.2 Å². The molecule has 0 saturated carbocycles. The summed E-state index contributed by atoms with van der Waals surface area (Å²) in [5, 5.41) is 9.36. The predicted octanol–water partition coefficient (Wildman–Crippen LogP) is 2.32. The number of imidazole rings is 1. The van der Waals surface area contributed by atoms with E-state index in [1.165, 1.54) is 16.9 Å². The highest BCUT2D eigenvalue weighted by Crippen LogP contribution is 2.21. The van der Waals surface area contributed by atoms with Crippen molar-refractivity contribution in [1.82, 2.24) is 30.2 Å². The van der Waals surface area contributed by atoms with Gasteiger partial charge >= 0.3 is 6.18 Å². The van der Waals surface area contributed by atoms with Crippen molar-refractivity contribution < 1.29 is 22.8 Å². The minimum absolute atomic E-state index is 0.0411. The minimum Gasteiger partial charge on any atom is -0.352 e. The highest BCUT2D eigenvalue weighted by atomic mass is 19.4. The molecule has 0 aliphatic heterocycles. The lowest BCUT2D eigenvalue weighted by atomic mass is 10.1. The number of nitrogens with zero attached hydrogens (tertiary/aromatic N) is 4. The molecule has 0 radical (unpaired) electrons. The molecular weight excluding hydrogens is 401 g/mol. The summed E-state index contributed by atoms with van der Waals surface area (Å²) in [4.78, 5) is 32.1. The van der Waals surface area contributed by atoms with E-state index in [1.54, 1.807) is 24.5 Å². The summed E-state index contributed by atoms with van der Waals surface area (Å²) in [5.41, 5.74) is 2.93. The summed E-state index contributed by atoms with van der Waals surface area (Å²) >= 11 is 0. The van der Waals surface area contributed by atoms with E-state index in [1.807, 2.05) is 6.92 Å². The maximum atomic E-state index is 12.3. The Balaban J connectivity index is 1.57. The van der Waals surface area contributed by atoms with Crippen LogP contribution in [0.15, 0.2) is 36.9 Å². The molecule has 2 N–H and O–H groups in total. The van der Waals surface area contributed by atoms with E-state index < -0.39 is 24.9 Å². The molecule has 11 heteroatoms. The molecule has 0 unspecified atom stereocenters. The lowest BCUT2D eigenvalue weighted by Crippen LogP contribution is -2.24. The van der Waals surface area contributed by atoms with Crippen LogP contribution in [0, 0.1) is 6.92 Å². The summed E-state index contributed by atoms with van der Waals surface area (Å²) in [7, 11) is 0. The molecule has 0 fully saturated rings. The number of halogens is 3. The van der Waals surface area contributed by atoms with Gasteiger partial charge in [0.15, 0.2) is 5.65 Å². The van der Waals surface area contributed by atoms with Gasteiger partial charge in [-0.25, -0.2) is 9.50 Å². The summed E-state index contributed by atoms with van der Waals surface area (Å²) in [6.45, 7) is 2.04. The molecule has 158 valence electrons. The normalized spacial score (nSPS) is 11.5. The van der Waals surface area contributed by atoms with Gasteiger partial charge < -0.3 is 10.6 Å². The van der Waals surface area contributed by atoms with Crippen molar-refractivity contribution in [2.45, 2.75) is 39.0 Å². The zero-order valence-corrected chi connectivity index (χ0v) is 16.0. The standard InChI is InChI=1S/C19H19F3N6O2/c1-12-3-5-23-10-15(12)18(30)25-9-14-11-28-16(27-14)6-13(8-26-28)7-24-17(29)2-4-19(20,21)22/h3,5-6,8,10-11H,2,4,7,9H2,1H3,(H,24,29)(H,25,30). The van der Waals surface area contributed by atoms with Gasteiger partial charge in [0.1, 0.15) is 0 Å². The fourth-order valence-electron chi connectivity index (χ4n) is 2.66. The first-order valence-electron chi connectivity index (χ1n) is 9.07. The molecular formula is C19H19F3N6O2. The van der Waals surface area contributed by atoms with Crippen molar-refractivity contribution in [2.75, 3.05) is 0 Å². The number of carbonyl (C=O) groups excluding carboxylic acids is 2. The fraction of sp³-hybridized carbons (Fsp3) is 0.316. The molecule has 0 saturated heterocycles. The van der Waals surface area contributed by atoms with Gasteiger partial charge in [0.25, 0.3) is 5.91 Å². The average Bonchev–Trinajstić information content (AvgIpc) is 3.11. The molecule has 0 aliphatic carbocycles. The van der Waals surface area contributed by atoms with Crippen molar-refractivity contribution in [2.24, 2.45) is 0 Å². The third kappa shape index (κ3) is 5.75. The third-order valence-corrected chi connectivity index (χ3v) is 4.27. The molecule has 0 atom stereocenters. The molecule has 8 nitrogen and oxygen atoms in total. The molecule has 2 amide bonds. The number of pyridine rings is 1. The Kier molecular flexibility index (Phi) is 6.28. The van der Waals surface area contributed by atoms with Crippen molar-refractivity contribution in [3.63, 3.8) is 0 Å². The van der Waals surface area contributed by atoms with Crippen LogP contribution in [0.5, 0.6) is 0 Å². The Morgan fingerprint density at radius 1 is 1.17 bits per heavy atom. The number of aryl methyl sites for hydroxylation is 1. The second kappa shape index (κ2) is 8.89. The Hall–Kier alpha value is -3.50. The number of alkyl halides is 3. The molecule has 30 heavy (non-hydrogen) atoms. The third-order valence-electron chi connectivity index (χ3n) is 4.27. The fourth-order valence-corrected chi connectivity index (χ4v) is 2.66. The van der Waals surface area contributed by atoms with Gasteiger partial charge in [0, 0.05) is 25.4 Å². The summed E-state index contributed by atoms with van der Waals surface area (Å²) in [6.07, 6.45) is 0.0842. The Bertz CT molecular complexity index is 1060. The molecule has 0 aliphatic rings. The van der Waals surface area contributed by atoms with Crippen LogP contribution in [0.25, 0.3) is 5.65 Å². The average molecular weight is 420 g/mol. The van der Waals surface area contributed by atoms with Crippen LogP contribution in [0.1, 0.15) is 40.0 Å². The summed E-state index contributed by atoms with van der Waals surface area (Å²) in [6, 6.07) is 3.40. The van der Waals surface area contributed by atoms with Crippen LogP contribution < -0.4 is 10.6 Å². The van der Waals surface area contributed by atoms with Gasteiger partial charge in [-0.15, -0.1) is 0 Å². The number of nitrogens with one attached hydrogen (secondary N) is 2. The van der Waals surface area contributed by atoms with Crippen LogP contribution >= 0.6 is 0 Å². The first-order valence-corrected chi connectivity index (χ1v) is 9.07. The van der Waals surface area contributed by atoms with E-state index in [9.17, 15) is 22.8 Å². The maximum absolute atomic E-state index is 12.3. The number of rotatable bonds is 7. The van der Waals surface area contributed by atoms with E-state index in [0.29, 0.717) is 22.5 Å². The second-order valence-corrected chi connectivity index (χ2v) is 6.66. The predicted molar refractivity (Wildman–Crippen MR) is 100 cm³/mol. The van der Waals surface area contributed by atoms with Crippen molar-refractivity contribution in [1.29, 1.82) is 0 Å². The SMILES string of the molecule is Cc1ccncc1C(=O)NCc1cn2ncc(CNC(=O)CCC(F)(F)F)cc2n1. The monoisotopic (exact) mass is 420 g/mol. The number of hydrogen-bond donors (Lipinski definition) is 2. The van der Waals surface area contributed by atoms with Gasteiger partial charge in [0.05, 0.1) is 36.6 Å². The minimum atomic E-state index is -4.37. The topological polar surface area (TPSA) is 101 Å². The molecule has 3 heterocycles. The maximum Gasteiger partial charge on any atom is 0.389 e. The van der Waals surface area contributed by atoms with Crippen LogP contribution in [-0.2, 0) is 17.9 Å². The van der Waals surface area contributed by atoms with Crippen LogP contribution in [0.3, 0.4) is 0 Å². The van der Waals surface area contributed by atoms with Crippen LogP contribution in [0.2, 0.25) is 0 Å². The Morgan fingerprint density at radius 3 is 2.70 bits per heavy atom. The first kappa shape index (κ1) is 21.2. The van der Waals surface area contributed by atoms with Crippen molar-refractivity contribution in [3.05, 3.63) is 59.3 Å². The lowest BCUT2D eigenvalue weighted by Gasteiger charge is -2.07. The van der Waals surface area contributed by atoms with Crippen molar-refractivity contribution in [3.8, 4) is 0 Å². The number of hydrogen-bond acceptors (Lipinski definition) is 5. The number of aromatic nitrogens is 4. The van der Waals surface area contributed by atoms with Gasteiger partial charge in [0.2, 0.25) is 5.91 Å². The van der Waals surface area contributed by atoms with Gasteiger partial charge in [-0.1, -0.05) is 0 Å². The Labute approximate surface area is 169 Å². The number of amides is 2. The zero-order chi connectivity index (χ0) is 21.7. The molecule has 0 bridgehead atoms.